The van der Waals surface area contributed by atoms with Crippen molar-refractivity contribution in [1.29, 1.82) is 0 Å². The van der Waals surface area contributed by atoms with Crippen molar-refractivity contribution in [2.75, 3.05) is 0 Å². The zero-order valence-corrected chi connectivity index (χ0v) is 13.1. The number of nitrogens with zero attached hydrogens (tertiary/aromatic N) is 1. The first-order chi connectivity index (χ1) is 11.7. The Hall–Kier alpha value is -3.02. The lowest BCUT2D eigenvalue weighted by Gasteiger charge is -2.02. The van der Waals surface area contributed by atoms with Crippen molar-refractivity contribution in [2.24, 2.45) is 0 Å². The third kappa shape index (κ3) is 2.78. The van der Waals surface area contributed by atoms with E-state index in [4.69, 9.17) is 13.7 Å². The highest BCUT2D eigenvalue weighted by Crippen LogP contribution is 2.33. The van der Waals surface area contributed by atoms with Gasteiger partial charge >= 0.3 is 0 Å². The SMILES string of the molecule is C[C@@H]1Cc2cc(-c3cc(CNC(=O)c4ccco4)no3)ccc2O1. The second-order valence-electron chi connectivity index (χ2n) is 5.80. The molecule has 1 amide bonds. The van der Waals surface area contributed by atoms with E-state index in [2.05, 4.69) is 16.5 Å². The Bertz CT molecular complexity index is 867. The number of amides is 1. The fourth-order valence-corrected chi connectivity index (χ4v) is 2.77. The van der Waals surface area contributed by atoms with Gasteiger partial charge in [-0.1, -0.05) is 5.16 Å². The molecule has 0 saturated heterocycles. The van der Waals surface area contributed by atoms with Crippen LogP contribution in [-0.4, -0.2) is 17.2 Å². The summed E-state index contributed by atoms with van der Waals surface area (Å²) in [4.78, 5) is 11.8. The van der Waals surface area contributed by atoms with E-state index < -0.39 is 0 Å². The first-order valence-electron chi connectivity index (χ1n) is 7.76. The highest BCUT2D eigenvalue weighted by atomic mass is 16.5. The van der Waals surface area contributed by atoms with E-state index in [-0.39, 0.29) is 24.3 Å². The fourth-order valence-electron chi connectivity index (χ4n) is 2.77. The minimum atomic E-state index is -0.284. The van der Waals surface area contributed by atoms with Crippen molar-refractivity contribution in [3.63, 3.8) is 0 Å². The van der Waals surface area contributed by atoms with Crippen LogP contribution in [0.2, 0.25) is 0 Å². The molecule has 6 heteroatoms. The lowest BCUT2D eigenvalue weighted by Crippen LogP contribution is -2.22. The lowest BCUT2D eigenvalue weighted by molar-refractivity contribution is 0.0922. The first-order valence-corrected chi connectivity index (χ1v) is 7.76. The maximum atomic E-state index is 11.8. The molecule has 0 bridgehead atoms. The fraction of sp³-hybridized carbons (Fsp3) is 0.222. The molecule has 4 rings (SSSR count). The molecule has 0 radical (unpaired) electrons. The molecule has 2 aromatic heterocycles. The van der Waals surface area contributed by atoms with Crippen molar-refractivity contribution >= 4 is 5.91 Å². The molecule has 0 fully saturated rings. The third-order valence-corrected chi connectivity index (χ3v) is 3.91. The number of carbonyl (C=O) groups excluding carboxylic acids is 1. The number of carbonyl (C=O) groups is 1. The molecule has 122 valence electrons. The summed E-state index contributed by atoms with van der Waals surface area (Å²) in [6.07, 6.45) is 2.56. The Kier molecular flexibility index (Phi) is 3.57. The van der Waals surface area contributed by atoms with Gasteiger partial charge in [0.25, 0.3) is 5.91 Å². The van der Waals surface area contributed by atoms with Crippen LogP contribution in [0, 0.1) is 0 Å². The van der Waals surface area contributed by atoms with Gasteiger partial charge < -0.3 is 19.0 Å². The first kappa shape index (κ1) is 14.6. The van der Waals surface area contributed by atoms with Crippen LogP contribution < -0.4 is 10.1 Å². The van der Waals surface area contributed by atoms with Crippen molar-refractivity contribution in [3.05, 3.63) is 59.7 Å². The second kappa shape index (κ2) is 5.88. The number of benzene rings is 1. The molecule has 1 aliphatic rings. The summed E-state index contributed by atoms with van der Waals surface area (Å²) in [5, 5.41) is 6.74. The molecule has 0 spiro atoms. The largest absolute Gasteiger partial charge is 0.490 e. The molecule has 3 heterocycles. The number of hydrogen-bond donors (Lipinski definition) is 1. The van der Waals surface area contributed by atoms with E-state index in [0.29, 0.717) is 11.5 Å². The number of ether oxygens (including phenoxy) is 1. The standard InChI is InChI=1S/C18H16N2O4/c1-11-7-13-8-12(4-5-15(13)23-11)17-9-14(20-24-17)10-19-18(21)16-3-2-6-22-16/h2-6,8-9,11H,7,10H2,1H3,(H,19,21)/t11-/m1/s1. The van der Waals surface area contributed by atoms with E-state index in [0.717, 1.165) is 17.7 Å². The van der Waals surface area contributed by atoms with Gasteiger partial charge in [0, 0.05) is 18.1 Å². The van der Waals surface area contributed by atoms with Gasteiger partial charge in [-0.3, -0.25) is 4.79 Å². The van der Waals surface area contributed by atoms with Crippen molar-refractivity contribution in [2.45, 2.75) is 26.0 Å². The second-order valence-corrected chi connectivity index (χ2v) is 5.80. The predicted molar refractivity (Wildman–Crippen MR) is 85.6 cm³/mol. The Labute approximate surface area is 138 Å². The maximum Gasteiger partial charge on any atom is 0.287 e. The highest BCUT2D eigenvalue weighted by Gasteiger charge is 2.20. The molecule has 1 aromatic carbocycles. The molecule has 0 saturated carbocycles. The monoisotopic (exact) mass is 324 g/mol. The molecule has 0 unspecified atom stereocenters. The van der Waals surface area contributed by atoms with Gasteiger partial charge in [0.15, 0.2) is 11.5 Å². The molecule has 24 heavy (non-hydrogen) atoms. The highest BCUT2D eigenvalue weighted by molar-refractivity contribution is 5.91. The Morgan fingerprint density at radius 3 is 3.08 bits per heavy atom. The van der Waals surface area contributed by atoms with Gasteiger partial charge in [-0.15, -0.1) is 0 Å². The van der Waals surface area contributed by atoms with E-state index in [1.165, 1.54) is 11.8 Å². The minimum absolute atomic E-state index is 0.206. The molecule has 3 aromatic rings. The molecule has 1 aliphatic heterocycles. The average Bonchev–Trinajstić information content (AvgIpc) is 3.31. The molecule has 6 nitrogen and oxygen atoms in total. The number of fused-ring (bicyclic) bond motifs is 1. The van der Waals surface area contributed by atoms with Gasteiger partial charge in [-0.2, -0.15) is 0 Å². The third-order valence-electron chi connectivity index (χ3n) is 3.91. The van der Waals surface area contributed by atoms with Gasteiger partial charge in [0.05, 0.1) is 12.8 Å². The topological polar surface area (TPSA) is 77.5 Å². The number of nitrogens with one attached hydrogen (secondary N) is 1. The van der Waals surface area contributed by atoms with Crippen LogP contribution in [0.3, 0.4) is 0 Å². The van der Waals surface area contributed by atoms with E-state index in [1.54, 1.807) is 12.1 Å². The Morgan fingerprint density at radius 1 is 1.33 bits per heavy atom. The quantitative estimate of drug-likeness (QED) is 0.797. The van der Waals surface area contributed by atoms with E-state index in [1.807, 2.05) is 25.1 Å². The molecular formula is C18H16N2O4. The summed E-state index contributed by atoms with van der Waals surface area (Å²) >= 11 is 0. The molecule has 1 N–H and O–H groups in total. The molecule has 1 atom stereocenters. The van der Waals surface area contributed by atoms with Gasteiger partial charge in [0.2, 0.25) is 0 Å². The van der Waals surface area contributed by atoms with Gasteiger partial charge in [0.1, 0.15) is 17.5 Å². The number of hydrogen-bond acceptors (Lipinski definition) is 5. The average molecular weight is 324 g/mol. The molecular weight excluding hydrogens is 308 g/mol. The normalized spacial score (nSPS) is 15.8. The predicted octanol–water partition coefficient (Wildman–Crippen LogP) is 3.19. The van der Waals surface area contributed by atoms with Crippen molar-refractivity contribution < 1.29 is 18.5 Å². The summed E-state index contributed by atoms with van der Waals surface area (Å²) in [5.74, 6) is 1.58. The maximum absolute atomic E-state index is 11.8. The van der Waals surface area contributed by atoms with Crippen LogP contribution >= 0.6 is 0 Å². The summed E-state index contributed by atoms with van der Waals surface area (Å²) < 4.78 is 16.1. The van der Waals surface area contributed by atoms with Crippen LogP contribution in [0.15, 0.2) is 51.6 Å². The van der Waals surface area contributed by atoms with Gasteiger partial charge in [-0.25, -0.2) is 0 Å². The van der Waals surface area contributed by atoms with Crippen LogP contribution in [0.1, 0.15) is 28.7 Å². The summed E-state index contributed by atoms with van der Waals surface area (Å²) in [6.45, 7) is 2.32. The number of rotatable bonds is 4. The summed E-state index contributed by atoms with van der Waals surface area (Å²) in [5.41, 5.74) is 2.77. The Morgan fingerprint density at radius 2 is 2.25 bits per heavy atom. The smallest absolute Gasteiger partial charge is 0.287 e. The van der Waals surface area contributed by atoms with E-state index >= 15 is 0 Å². The number of furan rings is 1. The van der Waals surface area contributed by atoms with Crippen LogP contribution in [0.5, 0.6) is 5.75 Å². The molecule has 0 aliphatic carbocycles. The summed E-state index contributed by atoms with van der Waals surface area (Å²) in [6, 6.07) is 11.1. The van der Waals surface area contributed by atoms with Crippen LogP contribution in [0.4, 0.5) is 0 Å². The summed E-state index contributed by atoms with van der Waals surface area (Å²) in [7, 11) is 0. The Balaban J connectivity index is 1.45. The zero-order chi connectivity index (χ0) is 16.5. The lowest BCUT2D eigenvalue weighted by atomic mass is 10.1. The van der Waals surface area contributed by atoms with E-state index in [9.17, 15) is 4.79 Å². The zero-order valence-electron chi connectivity index (χ0n) is 13.1. The van der Waals surface area contributed by atoms with Crippen LogP contribution in [0.25, 0.3) is 11.3 Å². The van der Waals surface area contributed by atoms with Crippen LogP contribution in [-0.2, 0) is 13.0 Å². The van der Waals surface area contributed by atoms with Crippen molar-refractivity contribution in [3.8, 4) is 17.1 Å². The van der Waals surface area contributed by atoms with Gasteiger partial charge in [-0.05, 0) is 42.8 Å². The number of aromatic nitrogens is 1. The minimum Gasteiger partial charge on any atom is -0.490 e. The van der Waals surface area contributed by atoms with Crippen molar-refractivity contribution in [1.82, 2.24) is 10.5 Å².